The van der Waals surface area contributed by atoms with E-state index in [0.717, 1.165) is 0 Å². The van der Waals surface area contributed by atoms with Crippen molar-refractivity contribution in [1.29, 1.82) is 0 Å². The molecule has 1 amide bonds. The SMILES string of the molecule is C[Si](C)(C)Oc1ccc(N)cc1C(N)=O. The minimum Gasteiger partial charge on any atom is -0.544 e. The predicted molar refractivity (Wildman–Crippen MR) is 63.3 cm³/mol. The summed E-state index contributed by atoms with van der Waals surface area (Å²) >= 11 is 0. The van der Waals surface area contributed by atoms with E-state index in [2.05, 4.69) is 0 Å². The van der Waals surface area contributed by atoms with Crippen molar-refractivity contribution in [3.05, 3.63) is 23.8 Å². The van der Waals surface area contributed by atoms with Gasteiger partial charge >= 0.3 is 0 Å². The normalized spacial score (nSPS) is 11.1. The van der Waals surface area contributed by atoms with Crippen molar-refractivity contribution in [3.8, 4) is 5.75 Å². The first-order valence-electron chi connectivity index (χ1n) is 4.68. The van der Waals surface area contributed by atoms with Gasteiger partial charge in [0.05, 0.1) is 5.56 Å². The fourth-order valence-electron chi connectivity index (χ4n) is 1.16. The molecule has 0 aliphatic carbocycles. The maximum absolute atomic E-state index is 11.2. The number of carbonyl (C=O) groups is 1. The quantitative estimate of drug-likeness (QED) is 0.604. The summed E-state index contributed by atoms with van der Waals surface area (Å²) in [5.41, 5.74) is 11.7. The Morgan fingerprint density at radius 1 is 1.33 bits per heavy atom. The average Bonchev–Trinajstić information content (AvgIpc) is 2.05. The highest BCUT2D eigenvalue weighted by Gasteiger charge is 2.19. The number of benzene rings is 1. The number of hydrogen-bond acceptors (Lipinski definition) is 3. The lowest BCUT2D eigenvalue weighted by atomic mass is 10.2. The summed E-state index contributed by atoms with van der Waals surface area (Å²) < 4.78 is 5.73. The first-order valence-corrected chi connectivity index (χ1v) is 8.09. The van der Waals surface area contributed by atoms with Crippen LogP contribution in [-0.4, -0.2) is 14.2 Å². The molecule has 1 aromatic carbocycles. The smallest absolute Gasteiger partial charge is 0.252 e. The van der Waals surface area contributed by atoms with Crippen molar-refractivity contribution in [1.82, 2.24) is 0 Å². The minimum atomic E-state index is -1.74. The number of carbonyl (C=O) groups excluding carboxylic acids is 1. The first kappa shape index (κ1) is 11.6. The van der Waals surface area contributed by atoms with E-state index < -0.39 is 14.2 Å². The van der Waals surface area contributed by atoms with Gasteiger partial charge in [-0.25, -0.2) is 0 Å². The number of rotatable bonds is 3. The highest BCUT2D eigenvalue weighted by molar-refractivity contribution is 6.70. The lowest BCUT2D eigenvalue weighted by Crippen LogP contribution is -2.30. The molecule has 82 valence electrons. The van der Waals surface area contributed by atoms with Gasteiger partial charge in [-0.3, -0.25) is 4.79 Å². The molecule has 0 spiro atoms. The van der Waals surface area contributed by atoms with Crippen LogP contribution in [0.25, 0.3) is 0 Å². The van der Waals surface area contributed by atoms with E-state index in [1.54, 1.807) is 12.1 Å². The van der Waals surface area contributed by atoms with Crippen LogP contribution >= 0.6 is 0 Å². The Kier molecular flexibility index (Phi) is 3.04. The molecule has 0 radical (unpaired) electrons. The summed E-state index contributed by atoms with van der Waals surface area (Å²) in [6.07, 6.45) is 0. The molecule has 0 aliphatic heterocycles. The molecule has 0 fully saturated rings. The van der Waals surface area contributed by atoms with Crippen LogP contribution in [0.1, 0.15) is 10.4 Å². The molecule has 0 bridgehead atoms. The van der Waals surface area contributed by atoms with Crippen LogP contribution < -0.4 is 15.9 Å². The number of nitrogen functional groups attached to an aromatic ring is 1. The third-order valence-electron chi connectivity index (χ3n) is 1.69. The number of nitrogens with two attached hydrogens (primary N) is 2. The van der Waals surface area contributed by atoms with E-state index in [9.17, 15) is 4.79 Å². The van der Waals surface area contributed by atoms with Crippen molar-refractivity contribution in [2.45, 2.75) is 19.6 Å². The summed E-state index contributed by atoms with van der Waals surface area (Å²) in [6.45, 7) is 6.11. The van der Waals surface area contributed by atoms with Gasteiger partial charge in [-0.1, -0.05) is 0 Å². The zero-order chi connectivity index (χ0) is 11.6. The van der Waals surface area contributed by atoms with E-state index in [-0.39, 0.29) is 0 Å². The number of amides is 1. The summed E-state index contributed by atoms with van der Waals surface area (Å²) in [7, 11) is -1.74. The topological polar surface area (TPSA) is 78.3 Å². The van der Waals surface area contributed by atoms with Crippen LogP contribution in [-0.2, 0) is 0 Å². The zero-order valence-electron chi connectivity index (χ0n) is 9.20. The lowest BCUT2D eigenvalue weighted by molar-refractivity contribution is 0.0998. The molecule has 1 aromatic rings. The molecule has 0 aliphatic rings. The van der Waals surface area contributed by atoms with Gasteiger partial charge in [0.25, 0.3) is 5.91 Å². The Bertz CT molecular complexity index is 385. The van der Waals surface area contributed by atoms with Gasteiger partial charge < -0.3 is 15.9 Å². The third kappa shape index (κ3) is 3.28. The number of hydrogen-bond donors (Lipinski definition) is 2. The first-order chi connectivity index (χ1) is 6.79. The monoisotopic (exact) mass is 224 g/mol. The van der Waals surface area contributed by atoms with E-state index in [1.165, 1.54) is 6.07 Å². The Labute approximate surface area is 90.4 Å². The number of anilines is 1. The second-order valence-corrected chi connectivity index (χ2v) is 8.76. The molecule has 0 saturated heterocycles. The number of primary amides is 1. The predicted octanol–water partition coefficient (Wildman–Crippen LogP) is 1.58. The van der Waals surface area contributed by atoms with Gasteiger partial charge in [0.2, 0.25) is 8.32 Å². The summed E-state index contributed by atoms with van der Waals surface area (Å²) in [5.74, 6) is 0.00594. The minimum absolute atomic E-state index is 0.345. The molecule has 4 N–H and O–H groups in total. The molecule has 0 unspecified atom stereocenters. The van der Waals surface area contributed by atoms with Crippen molar-refractivity contribution in [2.24, 2.45) is 5.73 Å². The van der Waals surface area contributed by atoms with E-state index in [0.29, 0.717) is 17.0 Å². The van der Waals surface area contributed by atoms with E-state index in [1.807, 2.05) is 19.6 Å². The van der Waals surface area contributed by atoms with Crippen LogP contribution in [0, 0.1) is 0 Å². The average molecular weight is 224 g/mol. The highest BCUT2D eigenvalue weighted by Crippen LogP contribution is 2.23. The fraction of sp³-hybridized carbons (Fsp3) is 0.300. The summed E-state index contributed by atoms with van der Waals surface area (Å²) in [4.78, 5) is 11.2. The molecular weight excluding hydrogens is 208 g/mol. The van der Waals surface area contributed by atoms with Gasteiger partial charge in [-0.05, 0) is 37.8 Å². The molecule has 0 saturated carbocycles. The van der Waals surface area contributed by atoms with Gasteiger partial charge in [-0.15, -0.1) is 0 Å². The summed E-state index contributed by atoms with van der Waals surface area (Å²) in [5, 5.41) is 0. The molecule has 0 aromatic heterocycles. The zero-order valence-corrected chi connectivity index (χ0v) is 10.2. The van der Waals surface area contributed by atoms with Gasteiger partial charge in [-0.2, -0.15) is 0 Å². The maximum Gasteiger partial charge on any atom is 0.252 e. The van der Waals surface area contributed by atoms with E-state index >= 15 is 0 Å². The van der Waals surface area contributed by atoms with Crippen molar-refractivity contribution < 1.29 is 9.22 Å². The van der Waals surface area contributed by atoms with Crippen LogP contribution in [0.3, 0.4) is 0 Å². The molecule has 1 rings (SSSR count). The molecule has 15 heavy (non-hydrogen) atoms. The fourth-order valence-corrected chi connectivity index (χ4v) is 2.00. The molecule has 5 heteroatoms. The largest absolute Gasteiger partial charge is 0.544 e. The van der Waals surface area contributed by atoms with Crippen molar-refractivity contribution in [3.63, 3.8) is 0 Å². The van der Waals surface area contributed by atoms with E-state index in [4.69, 9.17) is 15.9 Å². The highest BCUT2D eigenvalue weighted by atomic mass is 28.4. The standard InChI is InChI=1S/C10H16N2O2Si/c1-15(2,3)14-9-5-4-7(11)6-8(9)10(12)13/h4-6H,11H2,1-3H3,(H2,12,13). The van der Waals surface area contributed by atoms with Crippen molar-refractivity contribution >= 4 is 19.9 Å². The molecule has 0 heterocycles. The Hall–Kier alpha value is -1.49. The van der Waals surface area contributed by atoms with Crippen LogP contribution in [0.15, 0.2) is 18.2 Å². The second kappa shape index (κ2) is 3.94. The molecule has 0 atom stereocenters. The Morgan fingerprint density at radius 2 is 1.93 bits per heavy atom. The van der Waals surface area contributed by atoms with Crippen LogP contribution in [0.5, 0.6) is 5.75 Å². The van der Waals surface area contributed by atoms with Gasteiger partial charge in [0.1, 0.15) is 5.75 Å². The Balaban J connectivity index is 3.12. The molecular formula is C10H16N2O2Si. The van der Waals surface area contributed by atoms with Crippen LogP contribution in [0.2, 0.25) is 19.6 Å². The summed E-state index contributed by atoms with van der Waals surface area (Å²) in [6, 6.07) is 4.92. The maximum atomic E-state index is 11.2. The van der Waals surface area contributed by atoms with Gasteiger partial charge in [0, 0.05) is 5.69 Å². The third-order valence-corrected chi connectivity index (χ3v) is 2.52. The Morgan fingerprint density at radius 3 is 2.40 bits per heavy atom. The second-order valence-electron chi connectivity index (χ2n) is 4.33. The van der Waals surface area contributed by atoms with Gasteiger partial charge in [0.15, 0.2) is 0 Å². The lowest BCUT2D eigenvalue weighted by Gasteiger charge is -2.20. The molecule has 4 nitrogen and oxygen atoms in total. The van der Waals surface area contributed by atoms with Crippen molar-refractivity contribution in [2.75, 3.05) is 5.73 Å². The van der Waals surface area contributed by atoms with Crippen LogP contribution in [0.4, 0.5) is 5.69 Å².